The van der Waals surface area contributed by atoms with Gasteiger partial charge in [0.05, 0.1) is 17.9 Å². The average Bonchev–Trinajstić information content (AvgIpc) is 2.82. The van der Waals surface area contributed by atoms with E-state index in [0.29, 0.717) is 35.3 Å². The molecule has 5 heteroatoms. The summed E-state index contributed by atoms with van der Waals surface area (Å²) in [7, 11) is 0. The molecule has 1 aliphatic rings. The lowest BCUT2D eigenvalue weighted by Crippen LogP contribution is -2.13. The number of fused-ring (bicyclic) bond motifs is 1. The second-order valence-electron chi connectivity index (χ2n) is 4.79. The molecule has 1 aromatic rings. The molecule has 0 spiro atoms. The van der Waals surface area contributed by atoms with E-state index in [1.54, 1.807) is 12.1 Å². The molecule has 0 radical (unpaired) electrons. The summed E-state index contributed by atoms with van der Waals surface area (Å²) in [5.74, 6) is 1.03. The second-order valence-corrected chi connectivity index (χ2v) is 4.79. The van der Waals surface area contributed by atoms with E-state index < -0.39 is 5.97 Å². The zero-order valence-corrected chi connectivity index (χ0v) is 11.3. The number of anilines is 1. The van der Waals surface area contributed by atoms with Crippen molar-refractivity contribution in [3.8, 4) is 11.5 Å². The van der Waals surface area contributed by atoms with Gasteiger partial charge in [-0.25, -0.2) is 4.79 Å². The third kappa shape index (κ3) is 3.10. The molecule has 0 saturated heterocycles. The molecule has 1 aromatic carbocycles. The van der Waals surface area contributed by atoms with Crippen molar-refractivity contribution in [1.29, 1.82) is 0 Å². The number of ether oxygens (including phenoxy) is 3. The Morgan fingerprint density at radius 1 is 1.42 bits per heavy atom. The summed E-state index contributed by atoms with van der Waals surface area (Å²) in [6.07, 6.45) is 2.11. The van der Waals surface area contributed by atoms with Crippen molar-refractivity contribution in [2.24, 2.45) is 5.92 Å². The monoisotopic (exact) mass is 265 g/mol. The molecular weight excluding hydrogens is 246 g/mol. The van der Waals surface area contributed by atoms with Crippen molar-refractivity contribution in [3.05, 3.63) is 17.7 Å². The lowest BCUT2D eigenvalue weighted by atomic mass is 10.1. The maximum absolute atomic E-state index is 12.0. The molecule has 1 unspecified atom stereocenters. The Hall–Kier alpha value is -1.91. The van der Waals surface area contributed by atoms with Gasteiger partial charge in [-0.1, -0.05) is 20.3 Å². The van der Waals surface area contributed by atoms with E-state index >= 15 is 0 Å². The van der Waals surface area contributed by atoms with Crippen molar-refractivity contribution < 1.29 is 19.0 Å². The van der Waals surface area contributed by atoms with Crippen LogP contribution in [0.5, 0.6) is 11.5 Å². The quantitative estimate of drug-likeness (QED) is 0.654. The highest BCUT2D eigenvalue weighted by Crippen LogP contribution is 2.36. The lowest BCUT2D eigenvalue weighted by molar-refractivity contribution is 0.0444. The van der Waals surface area contributed by atoms with Crippen LogP contribution in [-0.2, 0) is 4.74 Å². The van der Waals surface area contributed by atoms with E-state index in [-0.39, 0.29) is 6.79 Å². The Morgan fingerprint density at radius 2 is 2.11 bits per heavy atom. The minimum atomic E-state index is -0.418. The van der Waals surface area contributed by atoms with Gasteiger partial charge < -0.3 is 19.9 Å². The van der Waals surface area contributed by atoms with Gasteiger partial charge in [-0.2, -0.15) is 0 Å². The summed E-state index contributed by atoms with van der Waals surface area (Å²) in [6.45, 7) is 4.72. The van der Waals surface area contributed by atoms with Crippen molar-refractivity contribution in [2.45, 2.75) is 26.7 Å². The number of rotatable bonds is 5. The molecule has 0 aromatic heterocycles. The van der Waals surface area contributed by atoms with Crippen LogP contribution in [-0.4, -0.2) is 19.4 Å². The summed E-state index contributed by atoms with van der Waals surface area (Å²) in [5, 5.41) is 0. The molecule has 0 fully saturated rings. The summed E-state index contributed by atoms with van der Waals surface area (Å²) < 4.78 is 15.7. The van der Waals surface area contributed by atoms with Crippen LogP contribution in [0.2, 0.25) is 0 Å². The SMILES string of the molecule is CCCC(C)COC(=O)c1cc2c(cc1N)OCO2. The highest BCUT2D eigenvalue weighted by atomic mass is 16.7. The minimum absolute atomic E-state index is 0.154. The zero-order chi connectivity index (χ0) is 13.8. The number of hydrogen-bond acceptors (Lipinski definition) is 5. The number of benzene rings is 1. The van der Waals surface area contributed by atoms with Gasteiger partial charge in [-0.05, 0) is 12.3 Å². The molecule has 0 aliphatic carbocycles. The average molecular weight is 265 g/mol. The smallest absolute Gasteiger partial charge is 0.340 e. The lowest BCUT2D eigenvalue weighted by Gasteiger charge is -2.12. The maximum atomic E-state index is 12.0. The molecule has 104 valence electrons. The van der Waals surface area contributed by atoms with E-state index in [4.69, 9.17) is 19.9 Å². The highest BCUT2D eigenvalue weighted by molar-refractivity contribution is 5.96. The van der Waals surface area contributed by atoms with Gasteiger partial charge in [-0.3, -0.25) is 0 Å². The molecule has 0 amide bonds. The third-order valence-electron chi connectivity index (χ3n) is 3.05. The van der Waals surface area contributed by atoms with E-state index in [1.165, 1.54) is 0 Å². The van der Waals surface area contributed by atoms with Crippen molar-refractivity contribution in [1.82, 2.24) is 0 Å². The van der Waals surface area contributed by atoms with Gasteiger partial charge >= 0.3 is 5.97 Å². The van der Waals surface area contributed by atoms with Crippen molar-refractivity contribution in [2.75, 3.05) is 19.1 Å². The molecule has 1 heterocycles. The van der Waals surface area contributed by atoms with E-state index in [1.807, 2.05) is 0 Å². The molecule has 1 atom stereocenters. The topological polar surface area (TPSA) is 70.8 Å². The van der Waals surface area contributed by atoms with Crippen LogP contribution in [0.1, 0.15) is 37.0 Å². The van der Waals surface area contributed by atoms with Crippen molar-refractivity contribution in [3.63, 3.8) is 0 Å². The molecule has 0 bridgehead atoms. The third-order valence-corrected chi connectivity index (χ3v) is 3.05. The molecule has 2 rings (SSSR count). The summed E-state index contributed by atoms with van der Waals surface area (Å²) in [4.78, 5) is 12.0. The molecule has 1 aliphatic heterocycles. The number of nitrogens with two attached hydrogens (primary N) is 1. The highest BCUT2D eigenvalue weighted by Gasteiger charge is 2.20. The fourth-order valence-electron chi connectivity index (χ4n) is 2.01. The van der Waals surface area contributed by atoms with Gasteiger partial charge in [0.2, 0.25) is 6.79 Å². The van der Waals surface area contributed by atoms with Gasteiger partial charge in [0, 0.05) is 12.1 Å². The standard InChI is InChI=1S/C14H19NO4/c1-3-4-9(2)7-17-14(16)10-5-12-13(6-11(10)15)19-8-18-12/h5-6,9H,3-4,7-8,15H2,1-2H3. The van der Waals surface area contributed by atoms with Crippen LogP contribution in [0.15, 0.2) is 12.1 Å². The summed E-state index contributed by atoms with van der Waals surface area (Å²) in [5.41, 5.74) is 6.49. The predicted molar refractivity (Wildman–Crippen MR) is 71.3 cm³/mol. The number of esters is 1. The van der Waals surface area contributed by atoms with Gasteiger partial charge in [0.15, 0.2) is 11.5 Å². The number of hydrogen-bond donors (Lipinski definition) is 1. The Morgan fingerprint density at radius 3 is 2.79 bits per heavy atom. The summed E-state index contributed by atoms with van der Waals surface area (Å²) in [6, 6.07) is 3.17. The normalized spacial score (nSPS) is 14.2. The van der Waals surface area contributed by atoms with E-state index in [0.717, 1.165) is 12.8 Å². The second kappa shape index (κ2) is 5.82. The molecule has 2 N–H and O–H groups in total. The van der Waals surface area contributed by atoms with Gasteiger partial charge in [0.1, 0.15) is 0 Å². The van der Waals surface area contributed by atoms with Crippen LogP contribution < -0.4 is 15.2 Å². The summed E-state index contributed by atoms with van der Waals surface area (Å²) >= 11 is 0. The largest absolute Gasteiger partial charge is 0.462 e. The zero-order valence-electron chi connectivity index (χ0n) is 11.3. The Kier molecular flexibility index (Phi) is 4.14. The number of carbonyl (C=O) groups is 1. The number of nitrogen functional groups attached to an aromatic ring is 1. The molecule has 5 nitrogen and oxygen atoms in total. The Balaban J connectivity index is 2.03. The first-order chi connectivity index (χ1) is 9.11. The number of carbonyl (C=O) groups excluding carboxylic acids is 1. The van der Waals surface area contributed by atoms with E-state index in [9.17, 15) is 4.79 Å². The molecule has 19 heavy (non-hydrogen) atoms. The first-order valence-electron chi connectivity index (χ1n) is 6.48. The van der Waals surface area contributed by atoms with Crippen molar-refractivity contribution >= 4 is 11.7 Å². The predicted octanol–water partition coefficient (Wildman–Crippen LogP) is 2.59. The van der Waals surface area contributed by atoms with Gasteiger partial charge in [-0.15, -0.1) is 0 Å². The Labute approximate surface area is 112 Å². The van der Waals surface area contributed by atoms with Crippen LogP contribution in [0.4, 0.5) is 5.69 Å². The molecule has 0 saturated carbocycles. The fourth-order valence-corrected chi connectivity index (χ4v) is 2.01. The maximum Gasteiger partial charge on any atom is 0.340 e. The Bertz CT molecular complexity index is 473. The van der Waals surface area contributed by atoms with Crippen LogP contribution in [0.25, 0.3) is 0 Å². The van der Waals surface area contributed by atoms with E-state index in [2.05, 4.69) is 13.8 Å². The first-order valence-corrected chi connectivity index (χ1v) is 6.48. The molecular formula is C14H19NO4. The first kappa shape index (κ1) is 13.5. The van der Waals surface area contributed by atoms with Crippen LogP contribution in [0, 0.1) is 5.92 Å². The van der Waals surface area contributed by atoms with Gasteiger partial charge in [0.25, 0.3) is 0 Å². The fraction of sp³-hybridized carbons (Fsp3) is 0.500. The minimum Gasteiger partial charge on any atom is -0.462 e. The van der Waals surface area contributed by atoms with Crippen LogP contribution >= 0.6 is 0 Å². The van der Waals surface area contributed by atoms with Crippen LogP contribution in [0.3, 0.4) is 0 Å².